The zero-order chi connectivity index (χ0) is 13.3. The Hall–Kier alpha value is -2.38. The number of halogens is 3. The van der Waals surface area contributed by atoms with E-state index in [4.69, 9.17) is 5.11 Å². The van der Waals surface area contributed by atoms with Crippen molar-refractivity contribution in [3.05, 3.63) is 42.0 Å². The highest BCUT2D eigenvalue weighted by Crippen LogP contribution is 2.31. The molecule has 2 aromatic rings. The van der Waals surface area contributed by atoms with Crippen LogP contribution in [0.4, 0.5) is 13.2 Å². The summed E-state index contributed by atoms with van der Waals surface area (Å²) >= 11 is 0. The molecule has 0 aromatic carbocycles. The van der Waals surface area contributed by atoms with Gasteiger partial charge in [-0.1, -0.05) is 0 Å². The van der Waals surface area contributed by atoms with Gasteiger partial charge in [0.25, 0.3) is 0 Å². The number of carboxylic acid groups (broad SMARTS) is 1. The highest BCUT2D eigenvalue weighted by molar-refractivity contribution is 5.85. The molecule has 0 atom stereocenters. The first-order valence-corrected chi connectivity index (χ1v) is 4.70. The SMILES string of the molecule is O=C(O)c1cc(C(F)(F)F)n(-c2cccnc2)n1. The van der Waals surface area contributed by atoms with Gasteiger partial charge in [0.1, 0.15) is 5.69 Å². The van der Waals surface area contributed by atoms with Crippen molar-refractivity contribution in [2.24, 2.45) is 0 Å². The summed E-state index contributed by atoms with van der Waals surface area (Å²) in [4.78, 5) is 14.3. The van der Waals surface area contributed by atoms with Crippen molar-refractivity contribution in [3.63, 3.8) is 0 Å². The van der Waals surface area contributed by atoms with Crippen LogP contribution >= 0.6 is 0 Å². The maximum Gasteiger partial charge on any atom is 0.433 e. The average Bonchev–Trinajstić information content (AvgIpc) is 2.74. The number of alkyl halides is 3. The third-order valence-electron chi connectivity index (χ3n) is 2.11. The van der Waals surface area contributed by atoms with Crippen LogP contribution in [0.25, 0.3) is 5.69 Å². The quantitative estimate of drug-likeness (QED) is 0.893. The molecule has 0 aliphatic carbocycles. The van der Waals surface area contributed by atoms with Gasteiger partial charge in [-0.15, -0.1) is 0 Å². The lowest BCUT2D eigenvalue weighted by Gasteiger charge is -2.09. The number of rotatable bonds is 2. The van der Waals surface area contributed by atoms with Gasteiger partial charge in [-0.2, -0.15) is 18.3 Å². The number of hydrogen-bond acceptors (Lipinski definition) is 3. The molecule has 94 valence electrons. The van der Waals surface area contributed by atoms with Crippen molar-refractivity contribution in [1.29, 1.82) is 0 Å². The van der Waals surface area contributed by atoms with Gasteiger partial charge in [0.05, 0.1) is 11.9 Å². The summed E-state index contributed by atoms with van der Waals surface area (Å²) < 4.78 is 38.7. The van der Waals surface area contributed by atoms with Crippen LogP contribution in [0.2, 0.25) is 0 Å². The molecule has 0 bridgehead atoms. The summed E-state index contributed by atoms with van der Waals surface area (Å²) in [6.45, 7) is 0. The lowest BCUT2D eigenvalue weighted by molar-refractivity contribution is -0.142. The minimum absolute atomic E-state index is 0.0392. The van der Waals surface area contributed by atoms with E-state index in [9.17, 15) is 18.0 Å². The third-order valence-corrected chi connectivity index (χ3v) is 2.11. The second-order valence-corrected chi connectivity index (χ2v) is 3.34. The topological polar surface area (TPSA) is 68.0 Å². The Balaban J connectivity index is 2.62. The maximum absolute atomic E-state index is 12.7. The summed E-state index contributed by atoms with van der Waals surface area (Å²) in [5.41, 5.74) is -1.79. The molecule has 18 heavy (non-hydrogen) atoms. The predicted molar refractivity (Wildman–Crippen MR) is 53.3 cm³/mol. The van der Waals surface area contributed by atoms with E-state index in [2.05, 4.69) is 10.1 Å². The second kappa shape index (κ2) is 4.13. The Labute approximate surface area is 98.5 Å². The number of pyridine rings is 1. The summed E-state index contributed by atoms with van der Waals surface area (Å²) in [6, 6.07) is 3.26. The molecule has 0 unspecified atom stereocenters. The monoisotopic (exact) mass is 257 g/mol. The molecule has 0 aliphatic rings. The average molecular weight is 257 g/mol. The first-order chi connectivity index (χ1) is 8.39. The number of hydrogen-bond donors (Lipinski definition) is 1. The van der Waals surface area contributed by atoms with E-state index in [0.717, 1.165) is 6.20 Å². The van der Waals surface area contributed by atoms with Crippen LogP contribution in [-0.4, -0.2) is 25.8 Å². The minimum Gasteiger partial charge on any atom is -0.476 e. The zero-order valence-corrected chi connectivity index (χ0v) is 8.72. The van der Waals surface area contributed by atoms with E-state index < -0.39 is 23.5 Å². The molecule has 0 saturated carbocycles. The number of aromatic carboxylic acids is 1. The first-order valence-electron chi connectivity index (χ1n) is 4.70. The van der Waals surface area contributed by atoms with Crippen LogP contribution in [0.15, 0.2) is 30.6 Å². The van der Waals surface area contributed by atoms with Gasteiger partial charge in [0, 0.05) is 12.3 Å². The molecule has 5 nitrogen and oxygen atoms in total. The molecule has 0 saturated heterocycles. The van der Waals surface area contributed by atoms with Crippen LogP contribution in [-0.2, 0) is 6.18 Å². The second-order valence-electron chi connectivity index (χ2n) is 3.34. The van der Waals surface area contributed by atoms with Gasteiger partial charge in [-0.05, 0) is 12.1 Å². The fourth-order valence-corrected chi connectivity index (χ4v) is 1.36. The Morgan fingerprint density at radius 1 is 1.39 bits per heavy atom. The fourth-order valence-electron chi connectivity index (χ4n) is 1.36. The lowest BCUT2D eigenvalue weighted by atomic mass is 10.3. The van der Waals surface area contributed by atoms with E-state index in [0.29, 0.717) is 10.7 Å². The molecule has 0 fully saturated rings. The molecule has 2 heterocycles. The normalized spacial score (nSPS) is 11.5. The molecule has 1 N–H and O–H groups in total. The van der Waals surface area contributed by atoms with Crippen LogP contribution in [0.3, 0.4) is 0 Å². The van der Waals surface area contributed by atoms with Gasteiger partial charge in [-0.3, -0.25) is 4.98 Å². The minimum atomic E-state index is -4.70. The first kappa shape index (κ1) is 12.1. The molecule has 0 amide bonds. The van der Waals surface area contributed by atoms with Crippen LogP contribution in [0.1, 0.15) is 16.2 Å². The summed E-state index contributed by atoms with van der Waals surface area (Å²) in [6.07, 6.45) is -2.15. The fraction of sp³-hybridized carbons (Fsp3) is 0.100. The van der Waals surface area contributed by atoms with Gasteiger partial charge >= 0.3 is 12.1 Å². The summed E-state index contributed by atoms with van der Waals surface area (Å²) in [5, 5.41) is 12.1. The molecule has 2 rings (SSSR count). The Morgan fingerprint density at radius 2 is 2.11 bits per heavy atom. The largest absolute Gasteiger partial charge is 0.476 e. The van der Waals surface area contributed by atoms with Crippen LogP contribution in [0, 0.1) is 0 Å². The molecule has 2 aromatic heterocycles. The standard InChI is InChI=1S/C10H6F3N3O2/c11-10(12,13)8-4-7(9(17)18)15-16(8)6-2-1-3-14-5-6/h1-5H,(H,17,18). The van der Waals surface area contributed by atoms with Crippen molar-refractivity contribution < 1.29 is 23.1 Å². The van der Waals surface area contributed by atoms with E-state index in [1.807, 2.05) is 0 Å². The number of nitrogens with zero attached hydrogens (tertiary/aromatic N) is 3. The van der Waals surface area contributed by atoms with Crippen molar-refractivity contribution >= 4 is 5.97 Å². The van der Waals surface area contributed by atoms with Crippen LogP contribution in [0.5, 0.6) is 0 Å². The smallest absolute Gasteiger partial charge is 0.433 e. The summed E-state index contributed by atoms with van der Waals surface area (Å²) in [7, 11) is 0. The maximum atomic E-state index is 12.7. The summed E-state index contributed by atoms with van der Waals surface area (Å²) in [5.74, 6) is -1.52. The number of carbonyl (C=O) groups is 1. The van der Waals surface area contributed by atoms with E-state index in [-0.39, 0.29) is 5.69 Å². The molecule has 8 heteroatoms. The third kappa shape index (κ3) is 2.17. The molecular weight excluding hydrogens is 251 g/mol. The highest BCUT2D eigenvalue weighted by Gasteiger charge is 2.37. The van der Waals surface area contributed by atoms with Gasteiger partial charge in [0.15, 0.2) is 5.69 Å². The van der Waals surface area contributed by atoms with Crippen LogP contribution < -0.4 is 0 Å². The predicted octanol–water partition coefficient (Wildman–Crippen LogP) is 1.98. The van der Waals surface area contributed by atoms with Gasteiger partial charge in [-0.25, -0.2) is 9.48 Å². The zero-order valence-electron chi connectivity index (χ0n) is 8.72. The van der Waals surface area contributed by atoms with Crippen molar-refractivity contribution in [3.8, 4) is 5.69 Å². The molecular formula is C10H6F3N3O2. The van der Waals surface area contributed by atoms with Gasteiger partial charge in [0.2, 0.25) is 0 Å². The van der Waals surface area contributed by atoms with Gasteiger partial charge < -0.3 is 5.11 Å². The molecule has 0 aliphatic heterocycles. The lowest BCUT2D eigenvalue weighted by Crippen LogP contribution is -2.13. The van der Waals surface area contributed by atoms with E-state index in [1.54, 1.807) is 0 Å². The Kier molecular flexibility index (Phi) is 2.77. The van der Waals surface area contributed by atoms with Crippen molar-refractivity contribution in [1.82, 2.24) is 14.8 Å². The number of carboxylic acids is 1. The Morgan fingerprint density at radius 3 is 2.61 bits per heavy atom. The molecule has 0 spiro atoms. The van der Waals surface area contributed by atoms with E-state index >= 15 is 0 Å². The van der Waals surface area contributed by atoms with Crippen molar-refractivity contribution in [2.75, 3.05) is 0 Å². The number of aromatic nitrogens is 3. The highest BCUT2D eigenvalue weighted by atomic mass is 19.4. The van der Waals surface area contributed by atoms with Crippen molar-refractivity contribution in [2.45, 2.75) is 6.18 Å². The van der Waals surface area contributed by atoms with E-state index in [1.165, 1.54) is 18.3 Å². The molecule has 0 radical (unpaired) electrons. The Bertz CT molecular complexity index is 578.